The molecular formula is C17H22N4O. The highest BCUT2D eigenvalue weighted by molar-refractivity contribution is 5.90. The van der Waals surface area contributed by atoms with Gasteiger partial charge in [0.25, 0.3) is 0 Å². The maximum absolute atomic E-state index is 12.3. The van der Waals surface area contributed by atoms with Crippen LogP contribution in [0.2, 0.25) is 0 Å². The molecule has 2 N–H and O–H groups in total. The second-order valence-corrected chi connectivity index (χ2v) is 5.91. The minimum atomic E-state index is -0.166. The highest BCUT2D eigenvalue weighted by atomic mass is 16.2. The minimum absolute atomic E-state index is 0.0854. The van der Waals surface area contributed by atoms with E-state index in [1.165, 1.54) is 11.1 Å². The first-order valence-corrected chi connectivity index (χ1v) is 7.72. The predicted octanol–water partition coefficient (Wildman–Crippen LogP) is 3.24. The SMILES string of the molecule is Cc1nn(C)c(C)c1NC(=O)N[C@@H]1CCCc2ccccc21. The Morgan fingerprint density at radius 2 is 2.09 bits per heavy atom. The lowest BCUT2D eigenvalue weighted by atomic mass is 9.88. The Bertz CT molecular complexity index is 705. The predicted molar refractivity (Wildman–Crippen MR) is 87.0 cm³/mol. The number of anilines is 1. The van der Waals surface area contributed by atoms with Gasteiger partial charge in [-0.2, -0.15) is 5.10 Å². The Morgan fingerprint density at radius 1 is 1.32 bits per heavy atom. The van der Waals surface area contributed by atoms with Crippen LogP contribution in [0.3, 0.4) is 0 Å². The van der Waals surface area contributed by atoms with Crippen molar-refractivity contribution in [2.45, 2.75) is 39.2 Å². The van der Waals surface area contributed by atoms with Gasteiger partial charge in [-0.15, -0.1) is 0 Å². The van der Waals surface area contributed by atoms with Crippen molar-refractivity contribution in [3.8, 4) is 0 Å². The van der Waals surface area contributed by atoms with Gasteiger partial charge in [-0.1, -0.05) is 24.3 Å². The van der Waals surface area contributed by atoms with Crippen molar-refractivity contribution < 1.29 is 4.79 Å². The third kappa shape index (κ3) is 2.71. The molecule has 0 bridgehead atoms. The molecule has 0 radical (unpaired) electrons. The zero-order valence-electron chi connectivity index (χ0n) is 13.3. The second-order valence-electron chi connectivity index (χ2n) is 5.91. The van der Waals surface area contributed by atoms with E-state index in [1.54, 1.807) is 4.68 Å². The van der Waals surface area contributed by atoms with Crippen LogP contribution in [0.25, 0.3) is 0 Å². The van der Waals surface area contributed by atoms with Crippen molar-refractivity contribution in [3.63, 3.8) is 0 Å². The maximum Gasteiger partial charge on any atom is 0.319 e. The van der Waals surface area contributed by atoms with Crippen molar-refractivity contribution in [1.29, 1.82) is 0 Å². The van der Waals surface area contributed by atoms with E-state index < -0.39 is 0 Å². The maximum atomic E-state index is 12.3. The van der Waals surface area contributed by atoms with Crippen LogP contribution in [0.15, 0.2) is 24.3 Å². The number of amides is 2. The van der Waals surface area contributed by atoms with Crippen LogP contribution in [0.4, 0.5) is 10.5 Å². The van der Waals surface area contributed by atoms with Crippen molar-refractivity contribution in [2.24, 2.45) is 7.05 Å². The summed E-state index contributed by atoms with van der Waals surface area (Å²) in [5.74, 6) is 0. The molecule has 5 nitrogen and oxygen atoms in total. The summed E-state index contributed by atoms with van der Waals surface area (Å²) in [6, 6.07) is 8.27. The largest absolute Gasteiger partial charge is 0.331 e. The van der Waals surface area contributed by atoms with Gasteiger partial charge in [0.15, 0.2) is 0 Å². The number of nitrogens with one attached hydrogen (secondary N) is 2. The number of benzene rings is 1. The van der Waals surface area contributed by atoms with Crippen LogP contribution >= 0.6 is 0 Å². The Labute approximate surface area is 130 Å². The van der Waals surface area contributed by atoms with E-state index in [9.17, 15) is 4.79 Å². The van der Waals surface area contributed by atoms with Crippen LogP contribution in [0.5, 0.6) is 0 Å². The molecule has 3 rings (SSSR count). The molecule has 22 heavy (non-hydrogen) atoms. The zero-order valence-corrected chi connectivity index (χ0v) is 13.3. The smallest absolute Gasteiger partial charge is 0.319 e. The van der Waals surface area contributed by atoms with Crippen LogP contribution in [-0.4, -0.2) is 15.8 Å². The van der Waals surface area contributed by atoms with E-state index in [4.69, 9.17) is 0 Å². The van der Waals surface area contributed by atoms with E-state index in [0.717, 1.165) is 36.3 Å². The number of aryl methyl sites for hydroxylation is 3. The summed E-state index contributed by atoms with van der Waals surface area (Å²) >= 11 is 0. The van der Waals surface area contributed by atoms with Gasteiger partial charge < -0.3 is 10.6 Å². The zero-order chi connectivity index (χ0) is 15.7. The monoisotopic (exact) mass is 298 g/mol. The fourth-order valence-corrected chi connectivity index (χ4v) is 3.17. The average Bonchev–Trinajstić information content (AvgIpc) is 2.74. The summed E-state index contributed by atoms with van der Waals surface area (Å²) < 4.78 is 1.78. The van der Waals surface area contributed by atoms with Crippen LogP contribution in [0.1, 0.15) is 41.4 Å². The van der Waals surface area contributed by atoms with Crippen molar-refractivity contribution in [3.05, 3.63) is 46.8 Å². The topological polar surface area (TPSA) is 59.0 Å². The molecule has 1 aliphatic carbocycles. The van der Waals surface area contributed by atoms with Crippen LogP contribution < -0.4 is 10.6 Å². The molecule has 1 aromatic heterocycles. The lowest BCUT2D eigenvalue weighted by molar-refractivity contribution is 0.247. The molecule has 1 aliphatic rings. The number of hydrogen-bond acceptors (Lipinski definition) is 2. The molecule has 2 amide bonds. The summed E-state index contributed by atoms with van der Waals surface area (Å²) in [7, 11) is 1.88. The normalized spacial score (nSPS) is 17.0. The van der Waals surface area contributed by atoms with Gasteiger partial charge in [-0.05, 0) is 44.2 Å². The van der Waals surface area contributed by atoms with E-state index in [2.05, 4.69) is 33.9 Å². The number of hydrogen-bond donors (Lipinski definition) is 2. The summed E-state index contributed by atoms with van der Waals surface area (Å²) in [4.78, 5) is 12.3. The number of fused-ring (bicyclic) bond motifs is 1. The molecular weight excluding hydrogens is 276 g/mol. The second kappa shape index (κ2) is 5.83. The van der Waals surface area contributed by atoms with Gasteiger partial charge in [0.05, 0.1) is 23.1 Å². The third-order valence-corrected chi connectivity index (χ3v) is 4.42. The number of nitrogens with zero attached hydrogens (tertiary/aromatic N) is 2. The van der Waals surface area contributed by atoms with E-state index >= 15 is 0 Å². The molecule has 0 unspecified atom stereocenters. The molecule has 0 saturated heterocycles. The highest BCUT2D eigenvalue weighted by Gasteiger charge is 2.22. The summed E-state index contributed by atoms with van der Waals surface area (Å²) in [6.45, 7) is 3.85. The van der Waals surface area contributed by atoms with E-state index in [-0.39, 0.29) is 12.1 Å². The molecule has 1 atom stereocenters. The fourth-order valence-electron chi connectivity index (χ4n) is 3.17. The quantitative estimate of drug-likeness (QED) is 0.894. The molecule has 0 saturated carbocycles. The van der Waals surface area contributed by atoms with Crippen LogP contribution in [0, 0.1) is 13.8 Å². The van der Waals surface area contributed by atoms with Crippen molar-refractivity contribution >= 4 is 11.7 Å². The highest BCUT2D eigenvalue weighted by Crippen LogP contribution is 2.29. The standard InChI is InChI=1S/C17H22N4O/c1-11-16(12(2)21(3)20-11)19-17(22)18-15-10-6-8-13-7-4-5-9-14(13)15/h4-5,7,9,15H,6,8,10H2,1-3H3,(H2,18,19,22)/t15-/m1/s1. The van der Waals surface area contributed by atoms with Crippen molar-refractivity contribution in [2.75, 3.05) is 5.32 Å². The lowest BCUT2D eigenvalue weighted by Crippen LogP contribution is -2.34. The van der Waals surface area contributed by atoms with Gasteiger partial charge in [0.1, 0.15) is 0 Å². The number of rotatable bonds is 2. The molecule has 116 valence electrons. The third-order valence-electron chi connectivity index (χ3n) is 4.42. The first-order chi connectivity index (χ1) is 10.6. The average molecular weight is 298 g/mol. The van der Waals surface area contributed by atoms with Crippen LogP contribution in [-0.2, 0) is 13.5 Å². The summed E-state index contributed by atoms with van der Waals surface area (Å²) in [5, 5.41) is 10.4. The molecule has 0 aliphatic heterocycles. The number of aromatic nitrogens is 2. The molecule has 2 aromatic rings. The van der Waals surface area contributed by atoms with Gasteiger partial charge in [-0.3, -0.25) is 4.68 Å². The van der Waals surface area contributed by atoms with Gasteiger partial charge >= 0.3 is 6.03 Å². The van der Waals surface area contributed by atoms with E-state index in [1.807, 2.05) is 27.0 Å². The number of urea groups is 1. The molecule has 5 heteroatoms. The minimum Gasteiger partial charge on any atom is -0.331 e. The fraction of sp³-hybridized carbons (Fsp3) is 0.412. The molecule has 0 spiro atoms. The first-order valence-electron chi connectivity index (χ1n) is 7.72. The van der Waals surface area contributed by atoms with E-state index in [0.29, 0.717) is 0 Å². The Balaban J connectivity index is 1.73. The lowest BCUT2D eigenvalue weighted by Gasteiger charge is -2.26. The van der Waals surface area contributed by atoms with Gasteiger partial charge in [0, 0.05) is 7.05 Å². The number of carbonyl (C=O) groups is 1. The van der Waals surface area contributed by atoms with Crippen molar-refractivity contribution in [1.82, 2.24) is 15.1 Å². The Kier molecular flexibility index (Phi) is 3.88. The van der Waals surface area contributed by atoms with Gasteiger partial charge in [-0.25, -0.2) is 4.79 Å². The summed E-state index contributed by atoms with van der Waals surface area (Å²) in [6.07, 6.45) is 3.18. The Morgan fingerprint density at radius 3 is 2.82 bits per heavy atom. The van der Waals surface area contributed by atoms with Gasteiger partial charge in [0.2, 0.25) is 0 Å². The Hall–Kier alpha value is -2.30. The molecule has 1 heterocycles. The summed E-state index contributed by atoms with van der Waals surface area (Å²) in [5.41, 5.74) is 5.16. The number of carbonyl (C=O) groups excluding carboxylic acids is 1. The molecule has 0 fully saturated rings. The first kappa shape index (κ1) is 14.6. The molecule has 1 aromatic carbocycles.